The Kier molecular flexibility index (Phi) is 7.30. The molecule has 36 heavy (non-hydrogen) atoms. The fraction of sp³-hybridized carbons (Fsp3) is 0.296. The molecular formula is C27H29N3O5S. The highest BCUT2D eigenvalue weighted by Crippen LogP contribution is 2.32. The average molecular weight is 508 g/mol. The molecule has 0 aliphatic carbocycles. The zero-order chi connectivity index (χ0) is 26.0. The van der Waals surface area contributed by atoms with Gasteiger partial charge >= 0.3 is 5.97 Å². The highest BCUT2D eigenvalue weighted by molar-refractivity contribution is 7.07. The number of methoxy groups -OCH3 is 2. The van der Waals surface area contributed by atoms with Crippen molar-refractivity contribution in [1.29, 1.82) is 0 Å². The number of benzene rings is 2. The zero-order valence-corrected chi connectivity index (χ0v) is 22.0. The maximum Gasteiger partial charge on any atom is 0.338 e. The van der Waals surface area contributed by atoms with Crippen LogP contribution in [0.1, 0.15) is 31.0 Å². The summed E-state index contributed by atoms with van der Waals surface area (Å²) in [5, 5.41) is 0. The highest BCUT2D eigenvalue weighted by atomic mass is 32.1. The van der Waals surface area contributed by atoms with Gasteiger partial charge in [0.2, 0.25) is 0 Å². The summed E-state index contributed by atoms with van der Waals surface area (Å²) in [6, 6.07) is 12.5. The van der Waals surface area contributed by atoms with Crippen LogP contribution in [0.3, 0.4) is 0 Å². The van der Waals surface area contributed by atoms with Crippen molar-refractivity contribution in [2.75, 3.05) is 39.8 Å². The Morgan fingerprint density at radius 2 is 1.86 bits per heavy atom. The van der Waals surface area contributed by atoms with E-state index in [1.54, 1.807) is 50.8 Å². The number of hydrogen-bond donors (Lipinski definition) is 0. The number of hydrogen-bond acceptors (Lipinski definition) is 8. The molecule has 2 aromatic carbocycles. The van der Waals surface area contributed by atoms with Gasteiger partial charge in [0.05, 0.1) is 42.7 Å². The van der Waals surface area contributed by atoms with E-state index in [0.717, 1.165) is 11.3 Å². The molecule has 188 valence electrons. The van der Waals surface area contributed by atoms with Gasteiger partial charge in [-0.15, -0.1) is 0 Å². The van der Waals surface area contributed by atoms with Crippen molar-refractivity contribution in [1.82, 2.24) is 4.57 Å². The van der Waals surface area contributed by atoms with E-state index in [1.807, 2.05) is 49.3 Å². The lowest BCUT2D eigenvalue weighted by molar-refractivity contribution is -0.139. The molecule has 1 aliphatic heterocycles. The van der Waals surface area contributed by atoms with E-state index in [-0.39, 0.29) is 12.2 Å². The van der Waals surface area contributed by atoms with E-state index in [4.69, 9.17) is 14.2 Å². The fourth-order valence-electron chi connectivity index (χ4n) is 4.16. The SMILES string of the molecule is CCOC(=O)C1=C(C)N=c2sc(=Cc3cc(OC)ccc3OC)c(=O)n2[C@@H]1c1ccc(N(C)C)cc1. The number of thiazole rings is 1. The average Bonchev–Trinajstić information content (AvgIpc) is 3.17. The second-order valence-corrected chi connectivity index (χ2v) is 9.41. The van der Waals surface area contributed by atoms with Gasteiger partial charge in [0, 0.05) is 25.3 Å². The standard InChI is InChI=1S/C27H29N3O5S/c1-7-35-26(32)23-16(2)28-27-30(24(23)17-8-10-19(11-9-17)29(3)4)25(31)22(36-27)15-18-14-20(33-5)12-13-21(18)34-6/h8-15,24H,7H2,1-6H3/t24-/m1/s1. The minimum absolute atomic E-state index is 0.224. The Hall–Kier alpha value is -3.85. The van der Waals surface area contributed by atoms with E-state index >= 15 is 0 Å². The quantitative estimate of drug-likeness (QED) is 0.458. The van der Waals surface area contributed by atoms with Crippen LogP contribution >= 0.6 is 11.3 Å². The van der Waals surface area contributed by atoms with Gasteiger partial charge in [-0.05, 0) is 55.8 Å². The summed E-state index contributed by atoms with van der Waals surface area (Å²) in [5.41, 5.74) is 3.14. The Labute approximate surface area is 213 Å². The first-order chi connectivity index (χ1) is 17.3. The highest BCUT2D eigenvalue weighted by Gasteiger charge is 2.33. The first kappa shape index (κ1) is 25.2. The van der Waals surface area contributed by atoms with Crippen molar-refractivity contribution in [3.8, 4) is 11.5 Å². The van der Waals surface area contributed by atoms with Crippen LogP contribution in [0, 0.1) is 0 Å². The number of aromatic nitrogens is 1. The summed E-state index contributed by atoms with van der Waals surface area (Å²) in [5.74, 6) is 0.777. The lowest BCUT2D eigenvalue weighted by Gasteiger charge is -2.25. The number of anilines is 1. The minimum atomic E-state index is -0.661. The molecule has 0 bridgehead atoms. The van der Waals surface area contributed by atoms with Crippen molar-refractivity contribution >= 4 is 29.1 Å². The number of ether oxygens (including phenoxy) is 3. The van der Waals surface area contributed by atoms with E-state index in [1.165, 1.54) is 11.3 Å². The van der Waals surface area contributed by atoms with Crippen LogP contribution in [0.15, 0.2) is 63.5 Å². The van der Waals surface area contributed by atoms with Gasteiger partial charge in [0.1, 0.15) is 11.5 Å². The van der Waals surface area contributed by atoms with Gasteiger partial charge in [-0.3, -0.25) is 9.36 Å². The summed E-state index contributed by atoms with van der Waals surface area (Å²) in [4.78, 5) is 34.0. The molecule has 3 aromatic rings. The van der Waals surface area contributed by atoms with Crippen LogP contribution in [0.4, 0.5) is 5.69 Å². The van der Waals surface area contributed by atoms with Crippen LogP contribution < -0.4 is 29.3 Å². The third kappa shape index (κ3) is 4.66. The van der Waals surface area contributed by atoms with Gasteiger partial charge in [0.25, 0.3) is 5.56 Å². The second kappa shape index (κ2) is 10.4. The maximum absolute atomic E-state index is 13.8. The third-order valence-electron chi connectivity index (χ3n) is 5.97. The summed E-state index contributed by atoms with van der Waals surface area (Å²) in [7, 11) is 7.08. The number of nitrogens with zero attached hydrogens (tertiary/aromatic N) is 3. The molecular weight excluding hydrogens is 478 g/mol. The van der Waals surface area contributed by atoms with E-state index in [0.29, 0.717) is 37.7 Å². The molecule has 2 heterocycles. The minimum Gasteiger partial charge on any atom is -0.497 e. The van der Waals surface area contributed by atoms with Crippen LogP contribution in [-0.2, 0) is 9.53 Å². The van der Waals surface area contributed by atoms with Crippen molar-refractivity contribution in [2.45, 2.75) is 19.9 Å². The lowest BCUT2D eigenvalue weighted by Crippen LogP contribution is -2.40. The molecule has 0 amide bonds. The number of carbonyl (C=O) groups is 1. The zero-order valence-electron chi connectivity index (χ0n) is 21.2. The molecule has 1 aliphatic rings. The topological polar surface area (TPSA) is 82.4 Å². The van der Waals surface area contributed by atoms with Crippen molar-refractivity contribution in [2.24, 2.45) is 4.99 Å². The Morgan fingerprint density at radius 3 is 2.47 bits per heavy atom. The van der Waals surface area contributed by atoms with Gasteiger partial charge in [-0.1, -0.05) is 23.5 Å². The number of allylic oxidation sites excluding steroid dienone is 1. The van der Waals surface area contributed by atoms with E-state index in [9.17, 15) is 9.59 Å². The monoisotopic (exact) mass is 507 g/mol. The predicted molar refractivity (Wildman–Crippen MR) is 141 cm³/mol. The Balaban J connectivity index is 1.95. The molecule has 4 rings (SSSR count). The Morgan fingerprint density at radius 1 is 1.14 bits per heavy atom. The number of esters is 1. The van der Waals surface area contributed by atoms with Gasteiger partial charge in [-0.25, -0.2) is 9.79 Å². The second-order valence-electron chi connectivity index (χ2n) is 8.40. The molecule has 9 heteroatoms. The summed E-state index contributed by atoms with van der Waals surface area (Å²) >= 11 is 1.26. The van der Waals surface area contributed by atoms with Crippen molar-refractivity contribution in [3.05, 3.63) is 84.5 Å². The predicted octanol–water partition coefficient (Wildman–Crippen LogP) is 2.88. The third-order valence-corrected chi connectivity index (χ3v) is 6.95. The molecule has 0 unspecified atom stereocenters. The molecule has 1 aromatic heterocycles. The summed E-state index contributed by atoms with van der Waals surface area (Å²) in [6.07, 6.45) is 1.76. The number of rotatable bonds is 7. The van der Waals surface area contributed by atoms with Crippen molar-refractivity contribution < 1.29 is 19.0 Å². The smallest absolute Gasteiger partial charge is 0.338 e. The van der Waals surface area contributed by atoms with Crippen molar-refractivity contribution in [3.63, 3.8) is 0 Å². The Bertz CT molecular complexity index is 1500. The van der Waals surface area contributed by atoms with Crippen LogP contribution in [0.2, 0.25) is 0 Å². The molecule has 0 saturated heterocycles. The molecule has 0 N–H and O–H groups in total. The normalized spacial score (nSPS) is 15.3. The van der Waals surface area contributed by atoms with Gasteiger partial charge < -0.3 is 19.1 Å². The molecule has 8 nitrogen and oxygen atoms in total. The molecule has 0 fully saturated rings. The largest absolute Gasteiger partial charge is 0.497 e. The molecule has 1 atom stereocenters. The summed E-state index contributed by atoms with van der Waals surface area (Å²) < 4.78 is 18.2. The van der Waals surface area contributed by atoms with Crippen LogP contribution in [-0.4, -0.2) is 45.5 Å². The first-order valence-corrected chi connectivity index (χ1v) is 12.3. The summed E-state index contributed by atoms with van der Waals surface area (Å²) in [6.45, 7) is 3.75. The van der Waals surface area contributed by atoms with Gasteiger partial charge in [0.15, 0.2) is 4.80 Å². The molecule has 0 spiro atoms. The van der Waals surface area contributed by atoms with Gasteiger partial charge in [-0.2, -0.15) is 0 Å². The lowest BCUT2D eigenvalue weighted by atomic mass is 9.95. The molecule has 0 radical (unpaired) electrons. The van der Waals surface area contributed by atoms with Crippen LogP contribution in [0.25, 0.3) is 6.08 Å². The molecule has 0 saturated carbocycles. The van der Waals surface area contributed by atoms with Crippen LogP contribution in [0.5, 0.6) is 11.5 Å². The number of fused-ring (bicyclic) bond motifs is 1. The number of carbonyl (C=O) groups excluding carboxylic acids is 1. The first-order valence-electron chi connectivity index (χ1n) is 11.5. The van der Waals surface area contributed by atoms with E-state index < -0.39 is 12.0 Å². The van der Waals surface area contributed by atoms with E-state index in [2.05, 4.69) is 4.99 Å². The maximum atomic E-state index is 13.8. The fourth-order valence-corrected chi connectivity index (χ4v) is 5.19.